The second kappa shape index (κ2) is 8.40. The number of nitrogens with zero attached hydrogens (tertiary/aromatic N) is 3. The van der Waals surface area contributed by atoms with E-state index in [1.807, 2.05) is 26.0 Å². The van der Waals surface area contributed by atoms with Crippen LogP contribution in [0.4, 0.5) is 0 Å². The van der Waals surface area contributed by atoms with E-state index >= 15 is 0 Å². The number of likely N-dealkylation sites (N-methyl/N-ethyl adjacent to an activating group) is 1. The van der Waals surface area contributed by atoms with Gasteiger partial charge in [0, 0.05) is 50.2 Å². The third-order valence-electron chi connectivity index (χ3n) is 3.91. The molecule has 6 nitrogen and oxygen atoms in total. The molecular formula is C18H24N4O2. The van der Waals surface area contributed by atoms with Crippen molar-refractivity contribution >= 4 is 5.91 Å². The van der Waals surface area contributed by atoms with Crippen LogP contribution in [0.25, 0.3) is 0 Å². The zero-order valence-electron chi connectivity index (χ0n) is 14.4. The smallest absolute Gasteiger partial charge is 0.253 e. The molecule has 6 heteroatoms. The van der Waals surface area contributed by atoms with Gasteiger partial charge in [-0.05, 0) is 31.5 Å². The molecule has 0 aliphatic heterocycles. The molecule has 2 N–H and O–H groups in total. The molecule has 0 aliphatic rings. The summed E-state index contributed by atoms with van der Waals surface area (Å²) in [7, 11) is 1.80. The van der Waals surface area contributed by atoms with Gasteiger partial charge in [0.25, 0.3) is 5.91 Å². The first-order valence-electron chi connectivity index (χ1n) is 7.98. The highest BCUT2D eigenvalue weighted by Gasteiger charge is 2.19. The van der Waals surface area contributed by atoms with Gasteiger partial charge in [-0.1, -0.05) is 6.07 Å². The van der Waals surface area contributed by atoms with Gasteiger partial charge in [0.05, 0.1) is 5.69 Å². The number of hydrogen-bond donors (Lipinski definition) is 1. The minimum Gasteiger partial charge on any atom is -0.492 e. The minimum absolute atomic E-state index is 0.00362. The first-order valence-corrected chi connectivity index (χ1v) is 7.98. The molecule has 2 rings (SSSR count). The van der Waals surface area contributed by atoms with Crippen LogP contribution in [0.3, 0.4) is 0 Å². The lowest BCUT2D eigenvalue weighted by molar-refractivity contribution is 0.0742. The monoisotopic (exact) mass is 328 g/mol. The Morgan fingerprint density at radius 2 is 2.17 bits per heavy atom. The standard InChI is InChI=1S/C18H24N4O2/c1-13-4-5-15(11-17(13)24-9-6-19)18(23)22(3)14(2)10-16-12-20-7-8-21-16/h4-5,7-8,11-12,14H,6,9-10,19H2,1-3H3/t14-/m0/s1. The predicted molar refractivity (Wildman–Crippen MR) is 93.0 cm³/mol. The second-order valence-corrected chi connectivity index (χ2v) is 5.78. The van der Waals surface area contributed by atoms with Crippen LogP contribution in [0.1, 0.15) is 28.5 Å². The number of hydrogen-bond acceptors (Lipinski definition) is 5. The Labute approximate surface area is 142 Å². The van der Waals surface area contributed by atoms with Gasteiger partial charge < -0.3 is 15.4 Å². The number of carbonyl (C=O) groups excluding carboxylic acids is 1. The van der Waals surface area contributed by atoms with E-state index in [9.17, 15) is 4.79 Å². The fraction of sp³-hybridized carbons (Fsp3) is 0.389. The molecule has 2 aromatic rings. The maximum absolute atomic E-state index is 12.7. The van der Waals surface area contributed by atoms with Crippen LogP contribution in [0.15, 0.2) is 36.8 Å². The molecule has 0 fully saturated rings. The quantitative estimate of drug-likeness (QED) is 0.838. The Hall–Kier alpha value is -2.47. The fourth-order valence-electron chi connectivity index (χ4n) is 2.34. The molecule has 0 spiro atoms. The van der Waals surface area contributed by atoms with Crippen LogP contribution in [-0.2, 0) is 6.42 Å². The van der Waals surface area contributed by atoms with E-state index in [1.54, 1.807) is 36.6 Å². The summed E-state index contributed by atoms with van der Waals surface area (Å²) < 4.78 is 5.60. The molecule has 1 aromatic carbocycles. The fourth-order valence-corrected chi connectivity index (χ4v) is 2.34. The molecule has 0 bridgehead atoms. The Kier molecular flexibility index (Phi) is 6.26. The maximum atomic E-state index is 12.7. The highest BCUT2D eigenvalue weighted by atomic mass is 16.5. The molecule has 1 atom stereocenters. The Morgan fingerprint density at radius 1 is 1.38 bits per heavy atom. The summed E-state index contributed by atoms with van der Waals surface area (Å²) in [6.07, 6.45) is 5.67. The topological polar surface area (TPSA) is 81.3 Å². The molecule has 24 heavy (non-hydrogen) atoms. The SMILES string of the molecule is Cc1ccc(C(=O)N(C)[C@@H](C)Cc2cnccn2)cc1OCCN. The molecular weight excluding hydrogens is 304 g/mol. The van der Waals surface area contributed by atoms with Crippen molar-refractivity contribution in [2.45, 2.75) is 26.3 Å². The number of ether oxygens (including phenoxy) is 1. The van der Waals surface area contributed by atoms with Gasteiger partial charge in [0.15, 0.2) is 0 Å². The molecule has 0 aliphatic carbocycles. The van der Waals surface area contributed by atoms with Gasteiger partial charge in [-0.25, -0.2) is 0 Å². The molecule has 1 heterocycles. The number of carbonyl (C=O) groups is 1. The summed E-state index contributed by atoms with van der Waals surface area (Å²) in [4.78, 5) is 22.8. The lowest BCUT2D eigenvalue weighted by Crippen LogP contribution is -2.36. The van der Waals surface area contributed by atoms with Crippen molar-refractivity contribution in [3.8, 4) is 5.75 Å². The predicted octanol–water partition coefficient (Wildman–Crippen LogP) is 1.83. The zero-order chi connectivity index (χ0) is 17.5. The maximum Gasteiger partial charge on any atom is 0.253 e. The van der Waals surface area contributed by atoms with Crippen LogP contribution in [0.5, 0.6) is 5.75 Å². The number of amides is 1. The van der Waals surface area contributed by atoms with Crippen molar-refractivity contribution in [1.82, 2.24) is 14.9 Å². The Bertz CT molecular complexity index is 676. The van der Waals surface area contributed by atoms with E-state index in [0.717, 1.165) is 11.3 Å². The summed E-state index contributed by atoms with van der Waals surface area (Å²) in [5, 5.41) is 0. The van der Waals surface area contributed by atoms with Crippen molar-refractivity contribution in [1.29, 1.82) is 0 Å². The van der Waals surface area contributed by atoms with Gasteiger partial charge in [0.1, 0.15) is 12.4 Å². The molecule has 1 amide bonds. The summed E-state index contributed by atoms with van der Waals surface area (Å²) in [5.41, 5.74) is 7.92. The van der Waals surface area contributed by atoms with Crippen LogP contribution in [-0.4, -0.2) is 47.0 Å². The van der Waals surface area contributed by atoms with Gasteiger partial charge in [-0.3, -0.25) is 14.8 Å². The number of aryl methyl sites for hydroxylation is 1. The minimum atomic E-state index is -0.0519. The van der Waals surface area contributed by atoms with E-state index < -0.39 is 0 Å². The second-order valence-electron chi connectivity index (χ2n) is 5.78. The normalized spacial score (nSPS) is 11.8. The summed E-state index contributed by atoms with van der Waals surface area (Å²) in [6.45, 7) is 4.80. The van der Waals surface area contributed by atoms with Crippen molar-refractivity contribution in [2.75, 3.05) is 20.2 Å². The van der Waals surface area contributed by atoms with Crippen LogP contribution < -0.4 is 10.5 Å². The van der Waals surface area contributed by atoms with Crippen molar-refractivity contribution in [3.05, 3.63) is 53.6 Å². The Morgan fingerprint density at radius 3 is 2.83 bits per heavy atom. The molecule has 1 aromatic heterocycles. The van der Waals surface area contributed by atoms with E-state index in [1.165, 1.54) is 0 Å². The van der Waals surface area contributed by atoms with E-state index in [2.05, 4.69) is 9.97 Å². The lowest BCUT2D eigenvalue weighted by Gasteiger charge is -2.25. The highest BCUT2D eigenvalue weighted by Crippen LogP contribution is 2.21. The summed E-state index contributed by atoms with van der Waals surface area (Å²) in [5.74, 6) is 0.644. The van der Waals surface area contributed by atoms with Gasteiger partial charge in [-0.2, -0.15) is 0 Å². The first-order chi connectivity index (χ1) is 11.5. The van der Waals surface area contributed by atoms with Crippen LogP contribution in [0.2, 0.25) is 0 Å². The number of benzene rings is 1. The number of nitrogens with two attached hydrogens (primary N) is 1. The summed E-state index contributed by atoms with van der Waals surface area (Å²) in [6, 6.07) is 5.49. The average Bonchev–Trinajstić information content (AvgIpc) is 2.60. The average molecular weight is 328 g/mol. The zero-order valence-corrected chi connectivity index (χ0v) is 14.4. The van der Waals surface area contributed by atoms with Crippen LogP contribution >= 0.6 is 0 Å². The molecule has 0 radical (unpaired) electrons. The van der Waals surface area contributed by atoms with Gasteiger partial charge >= 0.3 is 0 Å². The number of rotatable bonds is 7. The molecule has 0 unspecified atom stereocenters. The molecule has 0 saturated heterocycles. The van der Waals surface area contributed by atoms with Crippen LogP contribution in [0, 0.1) is 6.92 Å². The third kappa shape index (κ3) is 4.52. The first kappa shape index (κ1) is 17.9. The van der Waals surface area contributed by atoms with Crippen molar-refractivity contribution in [2.24, 2.45) is 5.73 Å². The van der Waals surface area contributed by atoms with E-state index in [0.29, 0.717) is 30.9 Å². The van der Waals surface area contributed by atoms with Crippen molar-refractivity contribution in [3.63, 3.8) is 0 Å². The largest absolute Gasteiger partial charge is 0.492 e. The van der Waals surface area contributed by atoms with Crippen molar-refractivity contribution < 1.29 is 9.53 Å². The van der Waals surface area contributed by atoms with E-state index in [-0.39, 0.29) is 11.9 Å². The molecule has 0 saturated carbocycles. The van der Waals surface area contributed by atoms with Gasteiger partial charge in [0.2, 0.25) is 0 Å². The lowest BCUT2D eigenvalue weighted by atomic mass is 10.1. The Balaban J connectivity index is 2.09. The van der Waals surface area contributed by atoms with E-state index in [4.69, 9.17) is 10.5 Å². The number of aromatic nitrogens is 2. The van der Waals surface area contributed by atoms with Gasteiger partial charge in [-0.15, -0.1) is 0 Å². The highest BCUT2D eigenvalue weighted by molar-refractivity contribution is 5.94. The third-order valence-corrected chi connectivity index (χ3v) is 3.91. The molecule has 128 valence electrons. The summed E-state index contributed by atoms with van der Waals surface area (Å²) >= 11 is 0.